The lowest BCUT2D eigenvalue weighted by Gasteiger charge is -2.24. The molecule has 1 aliphatic rings. The van der Waals surface area contributed by atoms with Gasteiger partial charge >= 0.3 is 0 Å². The fourth-order valence-electron chi connectivity index (χ4n) is 3.51. The minimum absolute atomic E-state index is 0.0676. The summed E-state index contributed by atoms with van der Waals surface area (Å²) in [6.07, 6.45) is 8.89. The number of allylic oxidation sites excluding steroid dienone is 2. The number of rotatable bonds is 4. The van der Waals surface area contributed by atoms with Gasteiger partial charge in [-0.25, -0.2) is 4.39 Å². The monoisotopic (exact) mass is 308 g/mol. The van der Waals surface area contributed by atoms with Gasteiger partial charge in [-0.2, -0.15) is 0 Å². The molecule has 2 unspecified atom stereocenters. The Morgan fingerprint density at radius 2 is 1.65 bits per heavy atom. The molecule has 0 aliphatic heterocycles. The average molecular weight is 308 g/mol. The standard InChI is InChI=1S/C22H25F/c1-3-4-17-6-8-18(9-7-17)19-10-12-20(13-11-19)21-14-5-16(2)15-22(21)23/h5-10,12,14-15,19-20H,3-4,11,13H2,1-2H3. The number of hydrogen-bond acceptors (Lipinski definition) is 0. The van der Waals surface area contributed by atoms with E-state index in [1.54, 1.807) is 6.07 Å². The third kappa shape index (κ3) is 3.72. The summed E-state index contributed by atoms with van der Waals surface area (Å²) in [6, 6.07) is 14.6. The molecule has 0 N–H and O–H groups in total. The van der Waals surface area contributed by atoms with Gasteiger partial charge in [0.1, 0.15) is 5.82 Å². The van der Waals surface area contributed by atoms with Crippen LogP contribution in [-0.2, 0) is 6.42 Å². The van der Waals surface area contributed by atoms with Crippen molar-refractivity contribution in [3.8, 4) is 0 Å². The molecule has 2 atom stereocenters. The summed E-state index contributed by atoms with van der Waals surface area (Å²) >= 11 is 0. The Kier molecular flexibility index (Phi) is 4.95. The first-order valence-corrected chi connectivity index (χ1v) is 8.70. The van der Waals surface area contributed by atoms with Crippen LogP contribution in [0.15, 0.2) is 54.6 Å². The summed E-state index contributed by atoms with van der Waals surface area (Å²) in [7, 11) is 0. The number of benzene rings is 2. The molecule has 0 nitrogen and oxygen atoms in total. The van der Waals surface area contributed by atoms with Crippen LogP contribution in [0.4, 0.5) is 4.39 Å². The molecular formula is C22H25F. The van der Waals surface area contributed by atoms with E-state index in [1.807, 2.05) is 19.1 Å². The first-order chi connectivity index (χ1) is 11.2. The van der Waals surface area contributed by atoms with E-state index in [1.165, 1.54) is 17.5 Å². The molecular weight excluding hydrogens is 283 g/mol. The Morgan fingerprint density at radius 1 is 0.957 bits per heavy atom. The number of hydrogen-bond donors (Lipinski definition) is 0. The number of aryl methyl sites for hydroxylation is 2. The SMILES string of the molecule is CCCc1ccc(C2C=CC(c3ccc(C)cc3F)CC2)cc1. The molecule has 2 aromatic carbocycles. The van der Waals surface area contributed by atoms with Crippen molar-refractivity contribution in [1.82, 2.24) is 0 Å². The molecule has 0 bridgehead atoms. The molecule has 0 saturated carbocycles. The molecule has 0 fully saturated rings. The fraction of sp³-hybridized carbons (Fsp3) is 0.364. The van der Waals surface area contributed by atoms with Crippen LogP contribution < -0.4 is 0 Å². The Hall–Kier alpha value is -1.89. The molecule has 0 spiro atoms. The molecule has 3 rings (SSSR count). The van der Waals surface area contributed by atoms with E-state index < -0.39 is 0 Å². The minimum Gasteiger partial charge on any atom is -0.207 e. The van der Waals surface area contributed by atoms with Crippen LogP contribution in [0.1, 0.15) is 60.3 Å². The maximum Gasteiger partial charge on any atom is 0.127 e. The zero-order chi connectivity index (χ0) is 16.2. The third-order valence-electron chi connectivity index (χ3n) is 4.87. The van der Waals surface area contributed by atoms with Crippen molar-refractivity contribution in [2.45, 2.75) is 51.4 Å². The fourth-order valence-corrected chi connectivity index (χ4v) is 3.51. The van der Waals surface area contributed by atoms with E-state index in [9.17, 15) is 4.39 Å². The Morgan fingerprint density at radius 3 is 2.26 bits per heavy atom. The van der Waals surface area contributed by atoms with Crippen molar-refractivity contribution < 1.29 is 4.39 Å². The van der Waals surface area contributed by atoms with Gasteiger partial charge in [0.15, 0.2) is 0 Å². The van der Waals surface area contributed by atoms with Crippen LogP contribution in [0.25, 0.3) is 0 Å². The molecule has 0 heterocycles. The second-order valence-electron chi connectivity index (χ2n) is 6.69. The van der Waals surface area contributed by atoms with Crippen molar-refractivity contribution >= 4 is 0 Å². The molecule has 1 aliphatic carbocycles. The Labute approximate surface area is 139 Å². The molecule has 0 radical (unpaired) electrons. The van der Waals surface area contributed by atoms with Crippen molar-refractivity contribution in [3.05, 3.63) is 82.7 Å². The predicted molar refractivity (Wildman–Crippen MR) is 95.4 cm³/mol. The molecule has 0 amide bonds. The lowest BCUT2D eigenvalue weighted by atomic mass is 9.81. The van der Waals surface area contributed by atoms with Crippen molar-refractivity contribution in [1.29, 1.82) is 0 Å². The first-order valence-electron chi connectivity index (χ1n) is 8.70. The van der Waals surface area contributed by atoms with E-state index >= 15 is 0 Å². The van der Waals surface area contributed by atoms with Gasteiger partial charge in [-0.05, 0) is 54.5 Å². The van der Waals surface area contributed by atoms with E-state index in [-0.39, 0.29) is 11.7 Å². The minimum atomic E-state index is -0.0676. The Balaban J connectivity index is 1.72. The molecule has 0 saturated heterocycles. The van der Waals surface area contributed by atoms with Crippen LogP contribution in [0.5, 0.6) is 0 Å². The predicted octanol–water partition coefficient (Wildman–Crippen LogP) is 6.30. The average Bonchev–Trinajstić information content (AvgIpc) is 2.56. The van der Waals surface area contributed by atoms with Crippen molar-refractivity contribution in [3.63, 3.8) is 0 Å². The van der Waals surface area contributed by atoms with Gasteiger partial charge < -0.3 is 0 Å². The molecule has 120 valence electrons. The zero-order valence-electron chi connectivity index (χ0n) is 14.1. The largest absolute Gasteiger partial charge is 0.207 e. The van der Waals surface area contributed by atoms with Crippen LogP contribution in [-0.4, -0.2) is 0 Å². The van der Waals surface area contributed by atoms with Gasteiger partial charge in [-0.15, -0.1) is 0 Å². The first kappa shape index (κ1) is 16.0. The normalized spacial score (nSPS) is 20.7. The summed E-state index contributed by atoms with van der Waals surface area (Å²) < 4.78 is 14.1. The van der Waals surface area contributed by atoms with Gasteiger partial charge in [-0.1, -0.05) is 61.9 Å². The summed E-state index contributed by atoms with van der Waals surface area (Å²) in [5.74, 6) is 0.615. The zero-order valence-corrected chi connectivity index (χ0v) is 14.1. The molecule has 0 aromatic heterocycles. The van der Waals surface area contributed by atoms with E-state index in [2.05, 4.69) is 43.3 Å². The highest BCUT2D eigenvalue weighted by Crippen LogP contribution is 2.36. The highest BCUT2D eigenvalue weighted by molar-refractivity contribution is 5.34. The van der Waals surface area contributed by atoms with Crippen molar-refractivity contribution in [2.24, 2.45) is 0 Å². The summed E-state index contributed by atoms with van der Waals surface area (Å²) in [6.45, 7) is 4.14. The van der Waals surface area contributed by atoms with Crippen molar-refractivity contribution in [2.75, 3.05) is 0 Å². The van der Waals surface area contributed by atoms with E-state index in [4.69, 9.17) is 0 Å². The second-order valence-corrected chi connectivity index (χ2v) is 6.69. The van der Waals surface area contributed by atoms with Crippen LogP contribution in [0, 0.1) is 12.7 Å². The van der Waals surface area contributed by atoms with Gasteiger partial charge in [-0.3, -0.25) is 0 Å². The Bertz CT molecular complexity index is 682. The van der Waals surface area contributed by atoms with Gasteiger partial charge in [0.25, 0.3) is 0 Å². The lowest BCUT2D eigenvalue weighted by Crippen LogP contribution is -2.08. The maximum atomic E-state index is 14.1. The van der Waals surface area contributed by atoms with E-state index in [0.29, 0.717) is 5.92 Å². The summed E-state index contributed by atoms with van der Waals surface area (Å²) in [4.78, 5) is 0. The lowest BCUT2D eigenvalue weighted by molar-refractivity contribution is 0.555. The molecule has 2 aromatic rings. The van der Waals surface area contributed by atoms with E-state index in [0.717, 1.165) is 30.4 Å². The summed E-state index contributed by atoms with van der Waals surface area (Å²) in [5.41, 5.74) is 4.61. The van der Waals surface area contributed by atoms with Crippen LogP contribution >= 0.6 is 0 Å². The van der Waals surface area contributed by atoms with Gasteiger partial charge in [0.2, 0.25) is 0 Å². The van der Waals surface area contributed by atoms with Gasteiger partial charge in [0, 0.05) is 11.8 Å². The van der Waals surface area contributed by atoms with Crippen LogP contribution in [0.3, 0.4) is 0 Å². The smallest absolute Gasteiger partial charge is 0.127 e. The highest BCUT2D eigenvalue weighted by atomic mass is 19.1. The number of halogens is 1. The molecule has 1 heteroatoms. The third-order valence-corrected chi connectivity index (χ3v) is 4.87. The van der Waals surface area contributed by atoms with Gasteiger partial charge in [0.05, 0.1) is 0 Å². The second kappa shape index (κ2) is 7.12. The topological polar surface area (TPSA) is 0 Å². The highest BCUT2D eigenvalue weighted by Gasteiger charge is 2.20. The maximum absolute atomic E-state index is 14.1. The quantitative estimate of drug-likeness (QED) is 0.581. The van der Waals surface area contributed by atoms with Crippen LogP contribution in [0.2, 0.25) is 0 Å². The summed E-state index contributed by atoms with van der Waals surface area (Å²) in [5, 5.41) is 0. The molecule has 23 heavy (non-hydrogen) atoms.